The van der Waals surface area contributed by atoms with Crippen LogP contribution in [0.25, 0.3) is 22.0 Å². The highest BCUT2D eigenvalue weighted by Gasteiger charge is 2.44. The molecule has 0 aliphatic carbocycles. The number of benzene rings is 2. The Hall–Kier alpha value is -4.07. The van der Waals surface area contributed by atoms with E-state index in [2.05, 4.69) is 35.2 Å². The fourth-order valence-corrected chi connectivity index (χ4v) is 4.69. The number of carbonyl (C=O) groups is 2. The molecule has 5 rings (SSSR count). The number of nitrogens with zero attached hydrogens (tertiary/aromatic N) is 5. The maximum Gasteiger partial charge on any atom is 0.328 e. The van der Waals surface area contributed by atoms with E-state index in [1.54, 1.807) is 27.9 Å². The van der Waals surface area contributed by atoms with Gasteiger partial charge in [-0.1, -0.05) is 43.3 Å². The van der Waals surface area contributed by atoms with E-state index in [1.165, 1.54) is 7.11 Å². The maximum atomic E-state index is 13.2. The van der Waals surface area contributed by atoms with Gasteiger partial charge in [-0.05, 0) is 47.1 Å². The SMILES string of the molecule is COC(=O)C1CC(C)(C)CN1C(=O)c1ccc(Cn2cc(-c3ccc4cnccc4c3)nn2)cc1. The zero-order valence-corrected chi connectivity index (χ0v) is 20.0. The molecule has 1 aliphatic rings. The van der Waals surface area contributed by atoms with Crippen molar-refractivity contribution in [2.75, 3.05) is 13.7 Å². The van der Waals surface area contributed by atoms with Crippen LogP contribution in [0.15, 0.2) is 67.1 Å². The van der Waals surface area contributed by atoms with Crippen molar-refractivity contribution in [1.82, 2.24) is 24.9 Å². The van der Waals surface area contributed by atoms with Crippen molar-refractivity contribution in [1.29, 1.82) is 0 Å². The molecular formula is C27H27N5O3. The molecule has 0 bridgehead atoms. The number of hydrogen-bond acceptors (Lipinski definition) is 6. The molecule has 0 saturated carbocycles. The summed E-state index contributed by atoms with van der Waals surface area (Å²) in [6.45, 7) is 5.16. The molecule has 2 aromatic heterocycles. The number of methoxy groups -OCH3 is 1. The van der Waals surface area contributed by atoms with Gasteiger partial charge in [0.1, 0.15) is 11.7 Å². The van der Waals surface area contributed by atoms with E-state index >= 15 is 0 Å². The molecule has 1 aliphatic heterocycles. The summed E-state index contributed by atoms with van der Waals surface area (Å²) in [5.41, 5.74) is 3.19. The van der Waals surface area contributed by atoms with Gasteiger partial charge in [-0.2, -0.15) is 0 Å². The van der Waals surface area contributed by atoms with Gasteiger partial charge < -0.3 is 9.64 Å². The van der Waals surface area contributed by atoms with Gasteiger partial charge in [0.05, 0.1) is 19.9 Å². The summed E-state index contributed by atoms with van der Waals surface area (Å²) in [6.07, 6.45) is 6.11. The number of amides is 1. The van der Waals surface area contributed by atoms with Crippen LogP contribution in [-0.2, 0) is 16.1 Å². The normalized spacial score (nSPS) is 17.0. The van der Waals surface area contributed by atoms with Gasteiger partial charge in [0.2, 0.25) is 0 Å². The van der Waals surface area contributed by atoms with Crippen LogP contribution in [0.5, 0.6) is 0 Å². The number of hydrogen-bond donors (Lipinski definition) is 0. The topological polar surface area (TPSA) is 90.2 Å². The molecule has 8 nitrogen and oxygen atoms in total. The molecule has 4 aromatic rings. The highest BCUT2D eigenvalue weighted by atomic mass is 16.5. The standard InChI is InChI=1S/C27H27N5O3/c1-27(2)13-24(26(34)35-3)32(17-27)25(33)19-6-4-18(5-7-19)15-31-16-23(29-30-31)21-8-9-22-14-28-11-10-20(22)12-21/h4-12,14,16,24H,13,15,17H2,1-3H3. The second kappa shape index (κ2) is 8.94. The number of rotatable bonds is 5. The Balaban J connectivity index is 1.29. The molecule has 1 saturated heterocycles. The van der Waals surface area contributed by atoms with E-state index < -0.39 is 6.04 Å². The average Bonchev–Trinajstić information content (AvgIpc) is 3.47. The molecule has 0 spiro atoms. The lowest BCUT2D eigenvalue weighted by atomic mass is 9.91. The van der Waals surface area contributed by atoms with Crippen molar-refractivity contribution in [3.8, 4) is 11.3 Å². The monoisotopic (exact) mass is 469 g/mol. The Labute approximate surface area is 203 Å². The molecule has 0 N–H and O–H groups in total. The van der Waals surface area contributed by atoms with Crippen LogP contribution in [0, 0.1) is 5.41 Å². The minimum atomic E-state index is -0.554. The highest BCUT2D eigenvalue weighted by Crippen LogP contribution is 2.35. The van der Waals surface area contributed by atoms with E-state index in [1.807, 2.05) is 42.7 Å². The van der Waals surface area contributed by atoms with Crippen LogP contribution in [0.4, 0.5) is 0 Å². The number of likely N-dealkylation sites (tertiary alicyclic amines) is 1. The Kier molecular flexibility index (Phi) is 5.80. The third-order valence-corrected chi connectivity index (χ3v) is 6.48. The molecule has 1 fully saturated rings. The van der Waals surface area contributed by atoms with Gasteiger partial charge in [-0.15, -0.1) is 5.10 Å². The second-order valence-corrected chi connectivity index (χ2v) is 9.78. The van der Waals surface area contributed by atoms with Crippen LogP contribution in [0.3, 0.4) is 0 Å². The number of pyridine rings is 1. The quantitative estimate of drug-likeness (QED) is 0.411. The van der Waals surface area contributed by atoms with E-state index in [0.29, 0.717) is 25.1 Å². The van der Waals surface area contributed by atoms with E-state index in [4.69, 9.17) is 4.74 Å². The van der Waals surface area contributed by atoms with Crippen LogP contribution >= 0.6 is 0 Å². The van der Waals surface area contributed by atoms with Crippen LogP contribution < -0.4 is 0 Å². The van der Waals surface area contributed by atoms with Crippen molar-refractivity contribution >= 4 is 22.6 Å². The number of esters is 1. The molecule has 1 unspecified atom stereocenters. The molecule has 0 radical (unpaired) electrons. The van der Waals surface area contributed by atoms with Gasteiger partial charge in [-0.25, -0.2) is 9.48 Å². The fraction of sp³-hybridized carbons (Fsp3) is 0.296. The van der Waals surface area contributed by atoms with Gasteiger partial charge in [0.25, 0.3) is 5.91 Å². The first-order chi connectivity index (χ1) is 16.8. The average molecular weight is 470 g/mol. The number of ether oxygens (including phenoxy) is 1. The largest absolute Gasteiger partial charge is 0.467 e. The first-order valence-corrected chi connectivity index (χ1v) is 11.5. The van der Waals surface area contributed by atoms with Crippen molar-refractivity contribution in [3.63, 3.8) is 0 Å². The van der Waals surface area contributed by atoms with Crippen LogP contribution in [0.2, 0.25) is 0 Å². The smallest absolute Gasteiger partial charge is 0.328 e. The zero-order valence-electron chi connectivity index (χ0n) is 20.0. The predicted octanol–water partition coefficient (Wildman–Crippen LogP) is 3.96. The lowest BCUT2D eigenvalue weighted by Crippen LogP contribution is -2.41. The van der Waals surface area contributed by atoms with Crippen molar-refractivity contribution < 1.29 is 14.3 Å². The lowest BCUT2D eigenvalue weighted by Gasteiger charge is -2.23. The first-order valence-electron chi connectivity index (χ1n) is 11.5. The summed E-state index contributed by atoms with van der Waals surface area (Å²) in [4.78, 5) is 31.2. The van der Waals surface area contributed by atoms with Gasteiger partial charge >= 0.3 is 5.97 Å². The molecule has 35 heavy (non-hydrogen) atoms. The van der Waals surface area contributed by atoms with Crippen molar-refractivity contribution in [2.45, 2.75) is 32.9 Å². The van der Waals surface area contributed by atoms with E-state index in [0.717, 1.165) is 27.6 Å². The second-order valence-electron chi connectivity index (χ2n) is 9.78. The van der Waals surface area contributed by atoms with E-state index in [9.17, 15) is 9.59 Å². The minimum absolute atomic E-state index is 0.138. The number of carbonyl (C=O) groups excluding carboxylic acids is 2. The molecule has 2 aromatic carbocycles. The Bertz CT molecular complexity index is 1390. The van der Waals surface area contributed by atoms with Crippen molar-refractivity contribution in [3.05, 3.63) is 78.2 Å². The molecule has 1 atom stereocenters. The lowest BCUT2D eigenvalue weighted by molar-refractivity contribution is -0.145. The Morgan fingerprint density at radius 1 is 1.09 bits per heavy atom. The maximum absolute atomic E-state index is 13.2. The van der Waals surface area contributed by atoms with Crippen LogP contribution in [0.1, 0.15) is 36.2 Å². The Morgan fingerprint density at radius 2 is 1.89 bits per heavy atom. The highest BCUT2D eigenvalue weighted by molar-refractivity contribution is 5.97. The molecule has 1 amide bonds. The van der Waals surface area contributed by atoms with Gasteiger partial charge in [0, 0.05) is 35.5 Å². The van der Waals surface area contributed by atoms with Crippen LogP contribution in [-0.4, -0.2) is 56.5 Å². The fourth-order valence-electron chi connectivity index (χ4n) is 4.69. The van der Waals surface area contributed by atoms with Crippen molar-refractivity contribution in [2.24, 2.45) is 5.41 Å². The van der Waals surface area contributed by atoms with Gasteiger partial charge in [-0.3, -0.25) is 9.78 Å². The summed E-state index contributed by atoms with van der Waals surface area (Å²) < 4.78 is 6.71. The summed E-state index contributed by atoms with van der Waals surface area (Å²) in [5.74, 6) is -0.530. The molecule has 8 heteroatoms. The predicted molar refractivity (Wildman–Crippen MR) is 132 cm³/mol. The van der Waals surface area contributed by atoms with Gasteiger partial charge in [0.15, 0.2) is 0 Å². The summed E-state index contributed by atoms with van der Waals surface area (Å²) >= 11 is 0. The zero-order chi connectivity index (χ0) is 24.6. The summed E-state index contributed by atoms with van der Waals surface area (Å²) in [5, 5.41) is 10.8. The molecule has 178 valence electrons. The number of aromatic nitrogens is 4. The number of fused-ring (bicyclic) bond motifs is 1. The van der Waals surface area contributed by atoms with E-state index in [-0.39, 0.29) is 17.3 Å². The minimum Gasteiger partial charge on any atom is -0.467 e. The summed E-state index contributed by atoms with van der Waals surface area (Å²) in [7, 11) is 1.36. The molecular weight excluding hydrogens is 442 g/mol. The summed E-state index contributed by atoms with van der Waals surface area (Å²) in [6, 6.07) is 15.0. The third kappa shape index (κ3) is 4.64. The molecule has 3 heterocycles. The third-order valence-electron chi connectivity index (χ3n) is 6.48. The first kappa shape index (κ1) is 22.7. The Morgan fingerprint density at radius 3 is 2.66 bits per heavy atom.